The lowest BCUT2D eigenvalue weighted by Crippen LogP contribution is -2.55. The van der Waals surface area contributed by atoms with Crippen molar-refractivity contribution in [3.8, 4) is 11.3 Å². The van der Waals surface area contributed by atoms with Crippen LogP contribution >= 0.6 is 0 Å². The molecule has 4 bridgehead atoms. The average molecular weight is 401 g/mol. The summed E-state index contributed by atoms with van der Waals surface area (Å²) in [7, 11) is 0. The number of nitrogens with one attached hydrogen (secondary N) is 1. The predicted molar refractivity (Wildman–Crippen MR) is 117 cm³/mol. The molecule has 7 rings (SSSR count). The van der Waals surface area contributed by atoms with E-state index < -0.39 is 0 Å². The standard InChI is InChI=1S/C25H28N4O/c1-2-29-14-19(13-26-29)23-12-21(20-5-3-4-6-22(20)27-23)25(30)28-24-17-8-15-7-16(10-17)11-18(24)9-15/h3-6,12-18,24H,2,7-11H2,1H3,(H,28,30). The number of para-hydroxylation sites is 1. The Bertz CT molecular complexity index is 1090. The number of carbonyl (C=O) groups excluding carboxylic acids is 1. The number of aromatic nitrogens is 3. The van der Waals surface area contributed by atoms with Crippen LogP contribution in [0.25, 0.3) is 22.2 Å². The Morgan fingerprint density at radius 3 is 2.53 bits per heavy atom. The van der Waals surface area contributed by atoms with Gasteiger partial charge in [-0.05, 0) is 74.8 Å². The van der Waals surface area contributed by atoms with Gasteiger partial charge in [0.15, 0.2) is 0 Å². The Hall–Kier alpha value is -2.69. The molecule has 30 heavy (non-hydrogen) atoms. The smallest absolute Gasteiger partial charge is 0.252 e. The van der Waals surface area contributed by atoms with Crippen LogP contribution in [-0.2, 0) is 6.54 Å². The summed E-state index contributed by atoms with van der Waals surface area (Å²) in [6.07, 6.45) is 10.5. The molecule has 0 saturated heterocycles. The molecule has 4 saturated carbocycles. The van der Waals surface area contributed by atoms with Crippen LogP contribution in [-0.4, -0.2) is 26.7 Å². The van der Waals surface area contributed by atoms with Crippen molar-refractivity contribution in [3.63, 3.8) is 0 Å². The third kappa shape index (κ3) is 2.94. The fourth-order valence-electron chi connectivity index (χ4n) is 6.57. The van der Waals surface area contributed by atoms with Gasteiger partial charge >= 0.3 is 0 Å². The first-order chi connectivity index (χ1) is 14.7. The lowest BCUT2D eigenvalue weighted by atomic mass is 9.54. The number of carbonyl (C=O) groups is 1. The second-order valence-corrected chi connectivity index (χ2v) is 9.59. The zero-order chi connectivity index (χ0) is 20.2. The van der Waals surface area contributed by atoms with Crippen molar-refractivity contribution in [2.75, 3.05) is 0 Å². The molecule has 5 heteroatoms. The van der Waals surface area contributed by atoms with E-state index in [-0.39, 0.29) is 5.91 Å². The van der Waals surface area contributed by atoms with Gasteiger partial charge in [0.25, 0.3) is 5.91 Å². The van der Waals surface area contributed by atoms with Gasteiger partial charge in [0.2, 0.25) is 0 Å². The summed E-state index contributed by atoms with van der Waals surface area (Å²) < 4.78 is 1.89. The van der Waals surface area contributed by atoms with Crippen LogP contribution in [0.2, 0.25) is 0 Å². The van der Waals surface area contributed by atoms with Crippen LogP contribution in [0.3, 0.4) is 0 Å². The molecule has 1 aromatic carbocycles. The molecule has 2 heterocycles. The van der Waals surface area contributed by atoms with Gasteiger partial charge in [0.05, 0.1) is 23.0 Å². The van der Waals surface area contributed by atoms with Gasteiger partial charge in [-0.1, -0.05) is 18.2 Å². The molecule has 0 atom stereocenters. The van der Waals surface area contributed by atoms with Crippen molar-refractivity contribution in [1.82, 2.24) is 20.1 Å². The van der Waals surface area contributed by atoms with Crippen LogP contribution in [0.5, 0.6) is 0 Å². The van der Waals surface area contributed by atoms with Crippen molar-refractivity contribution in [3.05, 3.63) is 48.3 Å². The third-order valence-electron chi connectivity index (χ3n) is 7.74. The first kappa shape index (κ1) is 18.1. The lowest BCUT2D eigenvalue weighted by molar-refractivity contribution is -0.0119. The largest absolute Gasteiger partial charge is 0.349 e. The summed E-state index contributed by atoms with van der Waals surface area (Å²) in [6.45, 7) is 2.88. The summed E-state index contributed by atoms with van der Waals surface area (Å²) in [5, 5.41) is 8.78. The van der Waals surface area contributed by atoms with E-state index in [2.05, 4.69) is 17.3 Å². The highest BCUT2D eigenvalue weighted by Gasteiger charge is 2.48. The number of aryl methyl sites for hydroxylation is 1. The van der Waals surface area contributed by atoms with Gasteiger partial charge < -0.3 is 5.32 Å². The first-order valence-corrected chi connectivity index (χ1v) is 11.4. The molecule has 0 spiro atoms. The molecular weight excluding hydrogens is 372 g/mol. The van der Waals surface area contributed by atoms with E-state index in [0.29, 0.717) is 17.9 Å². The van der Waals surface area contributed by atoms with Crippen molar-refractivity contribution in [2.24, 2.45) is 23.7 Å². The maximum absolute atomic E-state index is 13.5. The van der Waals surface area contributed by atoms with Gasteiger partial charge in [-0.15, -0.1) is 0 Å². The minimum absolute atomic E-state index is 0.0511. The van der Waals surface area contributed by atoms with Crippen LogP contribution in [0.4, 0.5) is 0 Å². The molecule has 4 fully saturated rings. The third-order valence-corrected chi connectivity index (χ3v) is 7.74. The minimum Gasteiger partial charge on any atom is -0.349 e. The Labute approximate surface area is 176 Å². The average Bonchev–Trinajstić information content (AvgIpc) is 3.24. The van der Waals surface area contributed by atoms with Gasteiger partial charge in [0.1, 0.15) is 0 Å². The Morgan fingerprint density at radius 1 is 1.10 bits per heavy atom. The van der Waals surface area contributed by atoms with Gasteiger partial charge in [-0.2, -0.15) is 5.10 Å². The van der Waals surface area contributed by atoms with Crippen LogP contribution in [0.15, 0.2) is 42.7 Å². The van der Waals surface area contributed by atoms with Gasteiger partial charge in [-0.25, -0.2) is 4.98 Å². The minimum atomic E-state index is 0.0511. The van der Waals surface area contributed by atoms with Gasteiger partial charge in [0, 0.05) is 29.7 Å². The second-order valence-electron chi connectivity index (χ2n) is 9.59. The number of amides is 1. The Kier molecular flexibility index (Phi) is 4.18. The zero-order valence-corrected chi connectivity index (χ0v) is 17.4. The summed E-state index contributed by atoms with van der Waals surface area (Å²) in [5.41, 5.74) is 3.35. The molecule has 1 amide bonds. The number of pyridine rings is 1. The van der Waals surface area contributed by atoms with E-state index in [1.165, 1.54) is 32.1 Å². The van der Waals surface area contributed by atoms with E-state index >= 15 is 0 Å². The highest BCUT2D eigenvalue weighted by Crippen LogP contribution is 2.53. The molecule has 1 N–H and O–H groups in total. The quantitative estimate of drug-likeness (QED) is 0.692. The van der Waals surface area contributed by atoms with Crippen molar-refractivity contribution < 1.29 is 4.79 Å². The fourth-order valence-corrected chi connectivity index (χ4v) is 6.57. The molecule has 2 aromatic heterocycles. The molecular formula is C25H28N4O. The number of hydrogen-bond donors (Lipinski definition) is 1. The van der Waals surface area contributed by atoms with Crippen LogP contribution in [0, 0.1) is 23.7 Å². The van der Waals surface area contributed by atoms with E-state index in [1.54, 1.807) is 0 Å². The molecule has 0 unspecified atom stereocenters. The zero-order valence-electron chi connectivity index (χ0n) is 17.4. The maximum atomic E-state index is 13.5. The molecule has 4 aliphatic rings. The fraction of sp³-hybridized carbons (Fsp3) is 0.480. The molecule has 3 aromatic rings. The summed E-state index contributed by atoms with van der Waals surface area (Å²) >= 11 is 0. The van der Waals surface area contributed by atoms with Crippen LogP contribution in [0.1, 0.15) is 49.4 Å². The Morgan fingerprint density at radius 2 is 1.83 bits per heavy atom. The van der Waals surface area contributed by atoms with Crippen LogP contribution < -0.4 is 5.32 Å². The molecule has 4 aliphatic carbocycles. The highest BCUT2D eigenvalue weighted by molar-refractivity contribution is 6.07. The normalized spacial score (nSPS) is 29.4. The number of benzene rings is 1. The highest BCUT2D eigenvalue weighted by atomic mass is 16.1. The number of hydrogen-bond acceptors (Lipinski definition) is 3. The SMILES string of the molecule is CCn1cc(-c2cc(C(=O)NC3C4CC5CC(C4)CC3C5)c3ccccc3n2)cn1. The van der Waals surface area contributed by atoms with E-state index in [1.807, 2.05) is 47.4 Å². The number of nitrogens with zero attached hydrogens (tertiary/aromatic N) is 3. The molecule has 0 aliphatic heterocycles. The van der Waals surface area contributed by atoms with Crippen molar-refractivity contribution >= 4 is 16.8 Å². The lowest BCUT2D eigenvalue weighted by Gasteiger charge is -2.54. The molecule has 0 radical (unpaired) electrons. The number of fused-ring (bicyclic) bond motifs is 1. The topological polar surface area (TPSA) is 59.8 Å². The maximum Gasteiger partial charge on any atom is 0.252 e. The van der Waals surface area contributed by atoms with E-state index in [4.69, 9.17) is 4.98 Å². The summed E-state index contributed by atoms with van der Waals surface area (Å²) in [5.74, 6) is 3.20. The van der Waals surface area contributed by atoms with Crippen molar-refractivity contribution in [1.29, 1.82) is 0 Å². The summed E-state index contributed by atoms with van der Waals surface area (Å²) in [6, 6.07) is 10.2. The molecule has 154 valence electrons. The van der Waals surface area contributed by atoms with E-state index in [9.17, 15) is 4.79 Å². The van der Waals surface area contributed by atoms with Gasteiger partial charge in [-0.3, -0.25) is 9.48 Å². The summed E-state index contributed by atoms with van der Waals surface area (Å²) in [4.78, 5) is 18.4. The number of rotatable bonds is 4. The van der Waals surface area contributed by atoms with Crippen molar-refractivity contribution in [2.45, 2.75) is 51.6 Å². The first-order valence-electron chi connectivity index (χ1n) is 11.4. The monoisotopic (exact) mass is 400 g/mol. The predicted octanol–water partition coefficient (Wildman–Crippen LogP) is 4.67. The Balaban J connectivity index is 1.35. The van der Waals surface area contributed by atoms with E-state index in [0.717, 1.165) is 46.1 Å². The molecule has 5 nitrogen and oxygen atoms in total. The second kappa shape index (κ2) is 6.93.